The number of rotatable bonds is 1. The van der Waals surface area contributed by atoms with Crippen molar-refractivity contribution < 1.29 is 13.9 Å². The van der Waals surface area contributed by atoms with Gasteiger partial charge in [-0.25, -0.2) is 9.79 Å². The number of amides is 1. The lowest BCUT2D eigenvalue weighted by Crippen LogP contribution is -2.38. The van der Waals surface area contributed by atoms with Gasteiger partial charge >= 0.3 is 6.09 Å². The lowest BCUT2D eigenvalue weighted by Gasteiger charge is -2.30. The van der Waals surface area contributed by atoms with Crippen molar-refractivity contribution in [1.29, 1.82) is 0 Å². The highest BCUT2D eigenvalue weighted by Gasteiger charge is 2.31. The van der Waals surface area contributed by atoms with Crippen molar-refractivity contribution in [3.8, 4) is 0 Å². The summed E-state index contributed by atoms with van der Waals surface area (Å²) in [4.78, 5) is 17.7. The molecule has 1 aliphatic rings. The van der Waals surface area contributed by atoms with E-state index in [0.717, 1.165) is 21.4 Å². The van der Waals surface area contributed by atoms with E-state index in [9.17, 15) is 9.18 Å². The highest BCUT2D eigenvalue weighted by molar-refractivity contribution is 7.17. The van der Waals surface area contributed by atoms with Crippen molar-refractivity contribution in [2.24, 2.45) is 4.99 Å². The molecule has 1 aliphatic heterocycles. The van der Waals surface area contributed by atoms with Crippen LogP contribution in [-0.4, -0.2) is 22.9 Å². The van der Waals surface area contributed by atoms with Gasteiger partial charge in [-0.05, 0) is 32.9 Å². The molecule has 0 bridgehead atoms. The van der Waals surface area contributed by atoms with Gasteiger partial charge in [-0.3, -0.25) is 4.90 Å². The van der Waals surface area contributed by atoms with Gasteiger partial charge in [0, 0.05) is 21.8 Å². The largest absolute Gasteiger partial charge is 0.443 e. The van der Waals surface area contributed by atoms with Gasteiger partial charge in [0.25, 0.3) is 0 Å². The molecule has 23 heavy (non-hydrogen) atoms. The van der Waals surface area contributed by atoms with Gasteiger partial charge < -0.3 is 4.74 Å². The molecule has 0 spiro atoms. The van der Waals surface area contributed by atoms with E-state index in [2.05, 4.69) is 4.99 Å². The van der Waals surface area contributed by atoms with Crippen molar-refractivity contribution in [3.05, 3.63) is 47.2 Å². The second-order valence-electron chi connectivity index (χ2n) is 6.22. The predicted molar refractivity (Wildman–Crippen MR) is 90.2 cm³/mol. The van der Waals surface area contributed by atoms with Gasteiger partial charge in [-0.2, -0.15) is 4.39 Å². The molecule has 0 N–H and O–H groups in total. The molecule has 1 aromatic carbocycles. The molecule has 0 aliphatic carbocycles. The quantitative estimate of drug-likeness (QED) is 0.747. The first kappa shape index (κ1) is 15.7. The van der Waals surface area contributed by atoms with Crippen LogP contribution in [0.2, 0.25) is 0 Å². The Morgan fingerprint density at radius 1 is 1.35 bits per heavy atom. The SMILES string of the molecule is CC(C)(C)OC(=O)N1C=NC=CC1c1c(F)sc2ccccc12. The first-order valence-electron chi connectivity index (χ1n) is 7.25. The van der Waals surface area contributed by atoms with Crippen molar-refractivity contribution in [1.82, 2.24) is 4.90 Å². The summed E-state index contributed by atoms with van der Waals surface area (Å²) in [6.07, 6.45) is 4.09. The Kier molecular flexibility index (Phi) is 3.93. The van der Waals surface area contributed by atoms with Crippen LogP contribution in [0.25, 0.3) is 10.1 Å². The number of fused-ring (bicyclic) bond motifs is 1. The average Bonchev–Trinajstić information content (AvgIpc) is 2.81. The molecule has 1 amide bonds. The van der Waals surface area contributed by atoms with E-state index >= 15 is 0 Å². The molecule has 1 atom stereocenters. The van der Waals surface area contributed by atoms with E-state index in [0.29, 0.717) is 5.56 Å². The molecule has 0 fully saturated rings. The summed E-state index contributed by atoms with van der Waals surface area (Å²) in [5.41, 5.74) is -0.162. The smallest absolute Gasteiger partial charge is 0.416 e. The normalized spacial score (nSPS) is 17.7. The number of carbonyl (C=O) groups is 1. The third-order valence-corrected chi connectivity index (χ3v) is 4.31. The molecule has 1 unspecified atom stereocenters. The molecule has 0 radical (unpaired) electrons. The zero-order valence-electron chi connectivity index (χ0n) is 13.1. The van der Waals surface area contributed by atoms with Gasteiger partial charge in [0.2, 0.25) is 0 Å². The minimum atomic E-state index is -0.633. The maximum atomic E-state index is 14.5. The van der Waals surface area contributed by atoms with Gasteiger partial charge in [0.1, 0.15) is 11.9 Å². The summed E-state index contributed by atoms with van der Waals surface area (Å²) in [6, 6.07) is 6.88. The van der Waals surface area contributed by atoms with Gasteiger partial charge in [0.05, 0.1) is 6.04 Å². The molecule has 0 saturated carbocycles. The van der Waals surface area contributed by atoms with Crippen LogP contribution in [-0.2, 0) is 4.74 Å². The monoisotopic (exact) mass is 332 g/mol. The summed E-state index contributed by atoms with van der Waals surface area (Å²) in [6.45, 7) is 5.37. The Morgan fingerprint density at radius 2 is 2.09 bits per heavy atom. The second kappa shape index (κ2) is 5.77. The third-order valence-electron chi connectivity index (χ3n) is 3.33. The number of thiophene rings is 1. The van der Waals surface area contributed by atoms with Gasteiger partial charge in [-0.15, -0.1) is 11.3 Å². The van der Waals surface area contributed by atoms with Crippen LogP contribution >= 0.6 is 11.3 Å². The number of nitrogens with zero attached hydrogens (tertiary/aromatic N) is 2. The van der Waals surface area contributed by atoms with Crippen molar-refractivity contribution in [3.63, 3.8) is 0 Å². The summed E-state index contributed by atoms with van der Waals surface area (Å²) in [5.74, 6) is 0. The molecule has 0 saturated heterocycles. The minimum absolute atomic E-state index is 0.301. The van der Waals surface area contributed by atoms with E-state index in [4.69, 9.17) is 4.74 Å². The van der Waals surface area contributed by atoms with Crippen LogP contribution in [0.4, 0.5) is 9.18 Å². The van der Waals surface area contributed by atoms with E-state index < -0.39 is 17.7 Å². The number of ether oxygens (including phenoxy) is 1. The minimum Gasteiger partial charge on any atom is -0.443 e. The summed E-state index contributed by atoms with van der Waals surface area (Å²) in [7, 11) is 0. The third kappa shape index (κ3) is 3.12. The molecule has 6 heteroatoms. The molecule has 3 rings (SSSR count). The number of hydrogen-bond donors (Lipinski definition) is 0. The lowest BCUT2D eigenvalue weighted by molar-refractivity contribution is 0.0341. The van der Waals surface area contributed by atoms with Crippen LogP contribution in [0.15, 0.2) is 41.5 Å². The molecule has 120 valence electrons. The topological polar surface area (TPSA) is 41.9 Å². The average molecular weight is 332 g/mol. The molecule has 4 nitrogen and oxygen atoms in total. The van der Waals surface area contributed by atoms with E-state index in [1.165, 1.54) is 11.2 Å². The Labute approximate surface area is 137 Å². The number of carbonyl (C=O) groups excluding carboxylic acids is 1. The molecule has 1 aromatic heterocycles. The highest BCUT2D eigenvalue weighted by Crippen LogP contribution is 2.38. The van der Waals surface area contributed by atoms with E-state index in [1.807, 2.05) is 24.3 Å². The predicted octanol–water partition coefficient (Wildman–Crippen LogP) is 4.87. The Morgan fingerprint density at radius 3 is 2.83 bits per heavy atom. The first-order valence-corrected chi connectivity index (χ1v) is 8.07. The highest BCUT2D eigenvalue weighted by atomic mass is 32.1. The van der Waals surface area contributed by atoms with Gasteiger partial charge in [-0.1, -0.05) is 18.2 Å². The number of aliphatic imine (C=N–C) groups is 1. The van der Waals surface area contributed by atoms with Crippen molar-refractivity contribution in [2.75, 3.05) is 0 Å². The summed E-state index contributed by atoms with van der Waals surface area (Å²) in [5, 5.41) is 0.498. The Hall–Kier alpha value is -2.21. The van der Waals surface area contributed by atoms with Crippen molar-refractivity contribution >= 4 is 33.9 Å². The zero-order valence-corrected chi connectivity index (χ0v) is 13.9. The van der Waals surface area contributed by atoms with Crippen LogP contribution in [0.5, 0.6) is 0 Å². The maximum absolute atomic E-state index is 14.5. The first-order chi connectivity index (χ1) is 10.9. The number of benzene rings is 1. The molecule has 2 heterocycles. The number of halogens is 1. The van der Waals surface area contributed by atoms with E-state index in [-0.39, 0.29) is 5.13 Å². The number of hydrogen-bond acceptors (Lipinski definition) is 4. The Balaban J connectivity index is 2.02. The fraction of sp³-hybridized carbons (Fsp3) is 0.294. The van der Waals surface area contributed by atoms with Crippen LogP contribution in [0.1, 0.15) is 32.4 Å². The molecular weight excluding hydrogens is 315 g/mol. The summed E-state index contributed by atoms with van der Waals surface area (Å²) < 4.78 is 20.8. The fourth-order valence-corrected chi connectivity index (χ4v) is 3.40. The zero-order chi connectivity index (χ0) is 16.6. The van der Waals surface area contributed by atoms with Gasteiger partial charge in [0.15, 0.2) is 5.13 Å². The summed E-state index contributed by atoms with van der Waals surface area (Å²) >= 11 is 1.08. The van der Waals surface area contributed by atoms with Crippen LogP contribution < -0.4 is 0 Å². The maximum Gasteiger partial charge on any atom is 0.416 e. The second-order valence-corrected chi connectivity index (χ2v) is 7.23. The molecular formula is C17H17FN2O2S. The van der Waals surface area contributed by atoms with Crippen LogP contribution in [0, 0.1) is 5.13 Å². The van der Waals surface area contributed by atoms with Crippen LogP contribution in [0.3, 0.4) is 0 Å². The van der Waals surface area contributed by atoms with E-state index in [1.54, 1.807) is 33.0 Å². The standard InChI is InChI=1S/C17H17FN2O2S/c1-17(2,3)22-16(21)20-10-19-9-8-12(20)14-11-6-4-5-7-13(11)23-15(14)18/h4-10,12H,1-3H3. The lowest BCUT2D eigenvalue weighted by atomic mass is 10.0. The molecule has 2 aromatic rings. The van der Waals surface area contributed by atoms with Crippen molar-refractivity contribution in [2.45, 2.75) is 32.4 Å². The fourth-order valence-electron chi connectivity index (χ4n) is 2.43. The Bertz CT molecular complexity index is 805.